The second-order valence-corrected chi connectivity index (χ2v) is 33.3. The van der Waals surface area contributed by atoms with Crippen LogP contribution in [0.3, 0.4) is 0 Å². The highest BCUT2D eigenvalue weighted by atomic mass is 16.6. The van der Waals surface area contributed by atoms with Crippen LogP contribution in [0.1, 0.15) is 226 Å². The number of hydrogen-bond donors (Lipinski definition) is 5. The minimum atomic E-state index is -0.964. The molecule has 0 saturated heterocycles. The number of carbonyl (C=O) groups is 15. The third-order valence-electron chi connectivity index (χ3n) is 17.4. The van der Waals surface area contributed by atoms with Gasteiger partial charge in [-0.3, -0.25) is 33.6 Å². The Labute approximate surface area is 798 Å². The first-order valence-corrected chi connectivity index (χ1v) is 42.8. The van der Waals surface area contributed by atoms with Gasteiger partial charge in [0, 0.05) is 83.7 Å². The summed E-state index contributed by atoms with van der Waals surface area (Å²) < 4.78 is 48.2. The van der Waals surface area contributed by atoms with E-state index in [0.717, 1.165) is 33.4 Å². The summed E-state index contributed by atoms with van der Waals surface area (Å²) in [6, 6.07) is 62.2. The number of esters is 10. The Kier molecular flexibility index (Phi) is 50.0. The topological polar surface area (TPSA) is 439 Å². The number of rotatable bonds is 29. The average molecular weight is 1880 g/mol. The zero-order valence-corrected chi connectivity index (χ0v) is 80.3. The first-order valence-electron chi connectivity index (χ1n) is 42.8. The molecule has 0 aliphatic heterocycles. The van der Waals surface area contributed by atoms with Crippen molar-refractivity contribution in [2.45, 2.75) is 157 Å². The Morgan fingerprint density at radius 3 is 0.942 bits per heavy atom. The second kappa shape index (κ2) is 59.5. The molecule has 0 fully saturated rings. The Morgan fingerprint density at radius 2 is 0.599 bits per heavy atom. The van der Waals surface area contributed by atoms with Crippen LogP contribution in [0.25, 0.3) is 24.3 Å². The largest absolute Gasteiger partial charge is 0.481 e. The number of hydrogen-bond acceptors (Lipinski definition) is 26. The van der Waals surface area contributed by atoms with Crippen molar-refractivity contribution >= 4 is 131 Å². The molecule has 0 unspecified atom stereocenters. The van der Waals surface area contributed by atoms with Crippen LogP contribution in [0.4, 0.5) is 17.1 Å². The molecule has 30 heteroatoms. The van der Waals surface area contributed by atoms with Gasteiger partial charge in [0.2, 0.25) is 0 Å². The van der Waals surface area contributed by atoms with Gasteiger partial charge in [-0.1, -0.05) is 127 Å². The number of carboxylic acid groups (broad SMARTS) is 2. The van der Waals surface area contributed by atoms with E-state index in [-0.39, 0.29) is 66.5 Å². The summed E-state index contributed by atoms with van der Waals surface area (Å²) in [6.07, 6.45) is 14.9. The fourth-order valence-corrected chi connectivity index (χ4v) is 11.2. The number of aliphatic carboxylic acids is 1. The number of aldehydes is 1. The van der Waals surface area contributed by atoms with Crippen LogP contribution in [-0.2, 0) is 111 Å². The highest BCUT2D eigenvalue weighted by molar-refractivity contribution is 6.07. The number of nitrogen functional groups attached to an aromatic ring is 1. The standard InChI is InChI=1S/C24H27NO5.C20H19NO5.C15H20O4.C15H18O4.C14H18O4.C10H11NO2.C9H8O3/c1-24(2,3)30-22(27)14-12-17-8-7-10-19(16-17)23(28)25-20-11-6-5-9-18(20)13-15-21(26)29-4;1-26-19(24)12-10-15-6-2-3-8-17(15)21-20(25)16-7-4-5-14(13-16)9-11-18(22)23;2*1-15(2,3)19-13(16)9-8-11-6-5-7-12(10-11)14(17)18-4;1-14(2,3)18-12(15)8-7-10-5-4-6-11(9-10)13(16)17;1-13-10(12)7-6-8-4-2-3-5-9(8)11;1-12-9(11)8-4-2-3-7(5-8)6-10/h5-11,13,15-16H,12,14H2,1-4H3,(H,25,28);2-8,10,12-13H,9,11H2,1H3,(H,21,25)(H,22,23);5-7,10H,8-9H2,1-4H3;5-10H,1-4H3;4-6,9H,7-8H2,1-3H3,(H,16,17);2-7H,11H2,1H3;2-6H,1H3/b15-13+;12-10+;;9-8+;;7-6+;. The summed E-state index contributed by atoms with van der Waals surface area (Å²) in [4.78, 5) is 171. The predicted molar refractivity (Wildman–Crippen MR) is 521 cm³/mol. The highest BCUT2D eigenvalue weighted by Crippen LogP contribution is 2.24. The van der Waals surface area contributed by atoms with E-state index >= 15 is 0 Å². The van der Waals surface area contributed by atoms with E-state index in [9.17, 15) is 71.9 Å². The van der Waals surface area contributed by atoms with Crippen molar-refractivity contribution in [2.75, 3.05) is 59.0 Å². The summed E-state index contributed by atoms with van der Waals surface area (Å²) in [5, 5.41) is 23.3. The number of carbonyl (C=O) groups excluding carboxylic acids is 13. The van der Waals surface area contributed by atoms with Gasteiger partial charge in [-0.25, -0.2) is 38.4 Å². The molecule has 9 aromatic carbocycles. The molecular weight excluding hydrogens is 1760 g/mol. The molecule has 30 nitrogen and oxygen atoms in total. The third-order valence-corrected chi connectivity index (χ3v) is 17.4. The van der Waals surface area contributed by atoms with Crippen molar-refractivity contribution in [3.8, 4) is 0 Å². The van der Waals surface area contributed by atoms with E-state index < -0.39 is 64.2 Å². The van der Waals surface area contributed by atoms with Crippen LogP contribution in [0.2, 0.25) is 0 Å². The number of ether oxygens (including phenoxy) is 10. The molecule has 0 heterocycles. The molecule has 726 valence electrons. The molecule has 9 rings (SSSR count). The van der Waals surface area contributed by atoms with Gasteiger partial charge in [-0.2, -0.15) is 0 Å². The number of carboxylic acids is 2. The molecule has 6 N–H and O–H groups in total. The van der Waals surface area contributed by atoms with Gasteiger partial charge in [-0.05, 0) is 269 Å². The van der Waals surface area contributed by atoms with Crippen LogP contribution < -0.4 is 16.4 Å². The SMILES string of the molecule is CC(C)(C)OC(=O)CCc1cccc(C(=O)O)c1.COC(=O)/C=C/c1ccccc1N.COC(=O)/C=C/c1ccccc1NC(=O)c1cccc(CCC(=O)O)c1.COC(=O)/C=C/c1ccccc1NC(=O)c1cccc(CCC(=O)OC(C)(C)C)c1.COC(=O)c1cccc(/C=C/C(=O)OC(C)(C)C)c1.COC(=O)c1cccc(C=O)c1.COC(=O)c1cccc(CCC(=O)OC(C)(C)C)c1. The van der Waals surface area contributed by atoms with Crippen molar-refractivity contribution in [1.82, 2.24) is 0 Å². The van der Waals surface area contributed by atoms with Crippen molar-refractivity contribution in [1.29, 1.82) is 0 Å². The molecule has 0 aromatic heterocycles. The van der Waals surface area contributed by atoms with Crippen molar-refractivity contribution in [2.24, 2.45) is 0 Å². The lowest BCUT2D eigenvalue weighted by molar-refractivity contribution is -0.155. The van der Waals surface area contributed by atoms with Crippen LogP contribution in [0.15, 0.2) is 243 Å². The van der Waals surface area contributed by atoms with Crippen molar-refractivity contribution in [3.05, 3.63) is 326 Å². The van der Waals surface area contributed by atoms with E-state index in [0.29, 0.717) is 100.0 Å². The molecule has 2 amide bonds. The summed E-state index contributed by atoms with van der Waals surface area (Å²) >= 11 is 0. The summed E-state index contributed by atoms with van der Waals surface area (Å²) in [5.41, 5.74) is 14.6. The minimum absolute atomic E-state index is 0.00618. The van der Waals surface area contributed by atoms with E-state index in [2.05, 4.69) is 39.1 Å². The fraction of sp³-hybridized carbons (Fsp3) is 0.280. The Balaban J connectivity index is 0.000000419. The molecule has 0 bridgehead atoms. The van der Waals surface area contributed by atoms with Gasteiger partial charge in [0.05, 0.1) is 64.9 Å². The molecule has 0 radical (unpaired) electrons. The second-order valence-electron chi connectivity index (χ2n) is 33.3. The summed E-state index contributed by atoms with van der Waals surface area (Å²) in [5.74, 6) is -6.23. The molecule has 0 aliphatic rings. The number of para-hydroxylation sites is 3. The Bertz CT molecular complexity index is 5710. The molecular formula is C107H121N3O27. The van der Waals surface area contributed by atoms with Gasteiger partial charge in [-0.15, -0.1) is 0 Å². The van der Waals surface area contributed by atoms with Crippen LogP contribution >= 0.6 is 0 Å². The Hall–Kier alpha value is -16.0. The number of anilines is 3. The minimum Gasteiger partial charge on any atom is -0.481 e. The van der Waals surface area contributed by atoms with Gasteiger partial charge in [0.25, 0.3) is 11.8 Å². The molecule has 0 aliphatic carbocycles. The highest BCUT2D eigenvalue weighted by Gasteiger charge is 2.22. The molecule has 9 aromatic rings. The maximum absolute atomic E-state index is 12.7. The van der Waals surface area contributed by atoms with Crippen LogP contribution in [-0.4, -0.2) is 165 Å². The molecule has 0 saturated carbocycles. The number of methoxy groups -OCH3 is 6. The lowest BCUT2D eigenvalue weighted by Crippen LogP contribution is -2.24. The smallest absolute Gasteiger partial charge is 0.337 e. The van der Waals surface area contributed by atoms with Crippen molar-refractivity contribution in [3.63, 3.8) is 0 Å². The molecule has 137 heavy (non-hydrogen) atoms. The average Bonchev–Trinajstić information content (AvgIpc) is 0.860. The van der Waals surface area contributed by atoms with Gasteiger partial charge in [0.1, 0.15) is 28.7 Å². The lowest BCUT2D eigenvalue weighted by atomic mass is 10.1. The Morgan fingerprint density at radius 1 is 0.307 bits per heavy atom. The normalized spacial score (nSPS) is 10.8. The molecule has 0 spiro atoms. The maximum Gasteiger partial charge on any atom is 0.337 e. The number of nitrogens with two attached hydrogens (primary N) is 1. The zero-order chi connectivity index (χ0) is 102. The molecule has 0 atom stereocenters. The number of benzene rings is 9. The quantitative estimate of drug-likeness (QED) is 0.00955. The van der Waals surface area contributed by atoms with E-state index in [4.69, 9.17) is 34.9 Å². The van der Waals surface area contributed by atoms with E-state index in [1.807, 2.05) is 98.7 Å². The summed E-state index contributed by atoms with van der Waals surface area (Å²) in [7, 11) is 7.89. The lowest BCUT2D eigenvalue weighted by Gasteiger charge is -2.19. The zero-order valence-electron chi connectivity index (χ0n) is 80.3. The number of amides is 2. The predicted octanol–water partition coefficient (Wildman–Crippen LogP) is 18.5. The van der Waals surface area contributed by atoms with E-state index in [1.54, 1.807) is 215 Å². The van der Waals surface area contributed by atoms with Crippen LogP contribution in [0.5, 0.6) is 0 Å². The van der Waals surface area contributed by atoms with Gasteiger partial charge in [0.15, 0.2) is 0 Å². The van der Waals surface area contributed by atoms with E-state index in [1.165, 1.54) is 79.1 Å². The van der Waals surface area contributed by atoms with Crippen LogP contribution in [0, 0.1) is 0 Å². The van der Waals surface area contributed by atoms with Crippen molar-refractivity contribution < 1.29 is 129 Å². The van der Waals surface area contributed by atoms with Gasteiger partial charge < -0.3 is 73.9 Å². The maximum atomic E-state index is 12.7. The number of aromatic carboxylic acids is 1. The first kappa shape index (κ1) is 115. The third kappa shape index (κ3) is 49.9. The summed E-state index contributed by atoms with van der Waals surface area (Å²) in [6.45, 7) is 21.8. The number of aryl methyl sites for hydroxylation is 4. The van der Waals surface area contributed by atoms with Gasteiger partial charge >= 0.3 is 71.6 Å². The first-order chi connectivity index (χ1) is 64.6. The monoisotopic (exact) mass is 1880 g/mol. The fourth-order valence-electron chi connectivity index (χ4n) is 11.2. The number of nitrogens with one attached hydrogen (secondary N) is 2.